The van der Waals surface area contributed by atoms with Crippen molar-refractivity contribution in [3.8, 4) is 0 Å². The fourth-order valence-electron chi connectivity index (χ4n) is 3.36. The third-order valence-corrected chi connectivity index (χ3v) is 4.65. The van der Waals surface area contributed by atoms with Crippen LogP contribution in [0.25, 0.3) is 0 Å². The van der Waals surface area contributed by atoms with Crippen molar-refractivity contribution >= 4 is 29.0 Å². The van der Waals surface area contributed by atoms with Gasteiger partial charge < -0.3 is 20.3 Å². The molecule has 0 radical (unpaired) electrons. The molecule has 0 aliphatic carbocycles. The minimum Gasteiger partial charge on any atom is -0.372 e. The number of nitrogens with zero attached hydrogens (tertiary/aromatic N) is 2. The van der Waals surface area contributed by atoms with Crippen molar-refractivity contribution in [3.05, 3.63) is 47.7 Å². The van der Waals surface area contributed by atoms with Gasteiger partial charge in [-0.05, 0) is 50.6 Å². The lowest BCUT2D eigenvalue weighted by Crippen LogP contribution is -2.45. The fraction of sp³-hybridized carbons (Fsp3) is 0.381. The minimum atomic E-state index is -0.245. The predicted octanol–water partition coefficient (Wildman–Crippen LogP) is 3.21. The molecule has 0 saturated carbocycles. The Morgan fingerprint density at radius 1 is 1.07 bits per heavy atom. The van der Waals surface area contributed by atoms with Crippen LogP contribution < -0.4 is 15.5 Å². The van der Waals surface area contributed by atoms with Gasteiger partial charge in [0.15, 0.2) is 0 Å². The summed E-state index contributed by atoms with van der Waals surface area (Å²) in [6.45, 7) is 8.94. The van der Waals surface area contributed by atoms with Crippen LogP contribution in [0.5, 0.6) is 0 Å². The molecule has 0 spiro atoms. The van der Waals surface area contributed by atoms with Crippen molar-refractivity contribution < 1.29 is 14.3 Å². The fourth-order valence-corrected chi connectivity index (χ4v) is 3.36. The zero-order chi connectivity index (χ0) is 20.3. The molecule has 2 atom stereocenters. The lowest BCUT2D eigenvalue weighted by molar-refractivity contribution is -0.114. The summed E-state index contributed by atoms with van der Waals surface area (Å²) in [5, 5.41) is 5.65. The number of carbonyl (C=O) groups excluding carboxylic acids is 2. The van der Waals surface area contributed by atoms with E-state index >= 15 is 0 Å². The second kappa shape index (κ2) is 8.39. The summed E-state index contributed by atoms with van der Waals surface area (Å²) in [5.41, 5.74) is 2.60. The van der Waals surface area contributed by atoms with Gasteiger partial charge in [0.2, 0.25) is 5.91 Å². The van der Waals surface area contributed by atoms with Crippen LogP contribution in [-0.2, 0) is 9.53 Å². The molecule has 1 aromatic carbocycles. The van der Waals surface area contributed by atoms with Crippen LogP contribution in [0.1, 0.15) is 36.7 Å². The molecule has 7 nitrogen and oxygen atoms in total. The first-order valence-corrected chi connectivity index (χ1v) is 9.38. The van der Waals surface area contributed by atoms with Crippen LogP contribution in [0.2, 0.25) is 0 Å². The number of carbonyl (C=O) groups is 2. The molecule has 1 aliphatic rings. The summed E-state index contributed by atoms with van der Waals surface area (Å²) in [6, 6.07) is 9.02. The third-order valence-electron chi connectivity index (χ3n) is 4.65. The Hall–Kier alpha value is -2.93. The number of anilines is 3. The minimum absolute atomic E-state index is 0.146. The molecule has 2 amide bonds. The Labute approximate surface area is 165 Å². The number of hydrogen-bond donors (Lipinski definition) is 2. The first-order valence-electron chi connectivity index (χ1n) is 9.38. The number of pyridine rings is 1. The molecule has 0 bridgehead atoms. The average Bonchev–Trinajstić information content (AvgIpc) is 2.64. The smallest absolute Gasteiger partial charge is 0.257 e. The summed E-state index contributed by atoms with van der Waals surface area (Å²) in [5.74, 6) is 0.436. The molecule has 1 aliphatic heterocycles. The summed E-state index contributed by atoms with van der Waals surface area (Å²) >= 11 is 0. The Morgan fingerprint density at radius 2 is 1.71 bits per heavy atom. The summed E-state index contributed by atoms with van der Waals surface area (Å²) < 4.78 is 5.75. The van der Waals surface area contributed by atoms with Gasteiger partial charge in [-0.25, -0.2) is 4.98 Å². The van der Waals surface area contributed by atoms with E-state index < -0.39 is 0 Å². The van der Waals surface area contributed by atoms with Gasteiger partial charge in [-0.2, -0.15) is 0 Å². The van der Waals surface area contributed by atoms with Gasteiger partial charge in [0.25, 0.3) is 5.91 Å². The SMILES string of the molecule is CC(=O)Nc1cccc(NC(=O)c2ccc(N3CC(C)OC(C)C3)nc2)c1C. The highest BCUT2D eigenvalue weighted by atomic mass is 16.5. The Bertz CT molecular complexity index is 856. The van der Waals surface area contributed by atoms with Crippen LogP contribution in [0.3, 0.4) is 0 Å². The van der Waals surface area contributed by atoms with Gasteiger partial charge in [0.05, 0.1) is 17.8 Å². The lowest BCUT2D eigenvalue weighted by Gasteiger charge is -2.36. The van der Waals surface area contributed by atoms with Crippen molar-refractivity contribution in [2.45, 2.75) is 39.9 Å². The Kier molecular flexibility index (Phi) is 5.94. The van der Waals surface area contributed by atoms with Crippen LogP contribution in [0.15, 0.2) is 36.5 Å². The molecule has 7 heteroatoms. The van der Waals surface area contributed by atoms with E-state index in [-0.39, 0.29) is 24.0 Å². The molecule has 1 aromatic heterocycles. The second-order valence-electron chi connectivity index (χ2n) is 7.18. The van der Waals surface area contributed by atoms with E-state index in [1.165, 1.54) is 6.92 Å². The first-order chi connectivity index (χ1) is 13.3. The third kappa shape index (κ3) is 4.67. The molecule has 2 heterocycles. The van der Waals surface area contributed by atoms with Gasteiger partial charge in [-0.1, -0.05) is 6.07 Å². The van der Waals surface area contributed by atoms with E-state index in [4.69, 9.17) is 4.74 Å². The largest absolute Gasteiger partial charge is 0.372 e. The van der Waals surface area contributed by atoms with Gasteiger partial charge in [-0.3, -0.25) is 9.59 Å². The maximum absolute atomic E-state index is 12.6. The summed E-state index contributed by atoms with van der Waals surface area (Å²) in [6.07, 6.45) is 1.88. The van der Waals surface area contributed by atoms with Crippen LogP contribution >= 0.6 is 0 Å². The van der Waals surface area contributed by atoms with Gasteiger partial charge >= 0.3 is 0 Å². The topological polar surface area (TPSA) is 83.6 Å². The van der Waals surface area contributed by atoms with Gasteiger partial charge in [0, 0.05) is 37.6 Å². The maximum Gasteiger partial charge on any atom is 0.257 e. The number of amides is 2. The van der Waals surface area contributed by atoms with Crippen LogP contribution in [-0.4, -0.2) is 42.1 Å². The second-order valence-corrected chi connectivity index (χ2v) is 7.18. The van der Waals surface area contributed by atoms with E-state index in [2.05, 4.69) is 20.5 Å². The van der Waals surface area contributed by atoms with Crippen molar-refractivity contribution in [3.63, 3.8) is 0 Å². The number of ether oxygens (including phenoxy) is 1. The van der Waals surface area contributed by atoms with E-state index in [1.54, 1.807) is 30.5 Å². The number of benzene rings is 1. The number of rotatable bonds is 4. The van der Waals surface area contributed by atoms with E-state index in [0.717, 1.165) is 24.5 Å². The molecule has 2 N–H and O–H groups in total. The molecular formula is C21H26N4O3. The molecular weight excluding hydrogens is 356 g/mol. The molecule has 2 unspecified atom stereocenters. The zero-order valence-electron chi connectivity index (χ0n) is 16.7. The van der Waals surface area contributed by atoms with Crippen molar-refractivity contribution in [1.82, 2.24) is 4.98 Å². The Morgan fingerprint density at radius 3 is 2.29 bits per heavy atom. The molecule has 148 valence electrons. The van der Waals surface area contributed by atoms with Crippen molar-refractivity contribution in [2.75, 3.05) is 28.6 Å². The first kappa shape index (κ1) is 19.8. The quantitative estimate of drug-likeness (QED) is 0.848. The van der Waals surface area contributed by atoms with Gasteiger partial charge in [-0.15, -0.1) is 0 Å². The normalized spacial score (nSPS) is 19.2. The standard InChI is InChI=1S/C21H26N4O3/c1-13-11-25(12-14(2)28-13)20-9-8-17(10-22-20)21(27)24-19-7-5-6-18(15(19)3)23-16(4)26/h5-10,13-14H,11-12H2,1-4H3,(H,23,26)(H,24,27). The van der Waals surface area contributed by atoms with Crippen molar-refractivity contribution in [2.24, 2.45) is 0 Å². The maximum atomic E-state index is 12.6. The average molecular weight is 382 g/mol. The predicted molar refractivity (Wildman–Crippen MR) is 110 cm³/mol. The highest BCUT2D eigenvalue weighted by Crippen LogP contribution is 2.24. The van der Waals surface area contributed by atoms with Crippen LogP contribution in [0, 0.1) is 6.92 Å². The highest BCUT2D eigenvalue weighted by Gasteiger charge is 2.23. The van der Waals surface area contributed by atoms with E-state index in [0.29, 0.717) is 16.9 Å². The molecule has 2 aromatic rings. The number of hydrogen-bond acceptors (Lipinski definition) is 5. The number of morpholine rings is 1. The molecule has 1 saturated heterocycles. The number of aromatic nitrogens is 1. The monoisotopic (exact) mass is 382 g/mol. The highest BCUT2D eigenvalue weighted by molar-refractivity contribution is 6.05. The zero-order valence-corrected chi connectivity index (χ0v) is 16.7. The molecule has 3 rings (SSSR count). The summed E-state index contributed by atoms with van der Waals surface area (Å²) in [7, 11) is 0. The van der Waals surface area contributed by atoms with E-state index in [9.17, 15) is 9.59 Å². The van der Waals surface area contributed by atoms with Crippen molar-refractivity contribution in [1.29, 1.82) is 0 Å². The molecule has 28 heavy (non-hydrogen) atoms. The number of nitrogens with one attached hydrogen (secondary N) is 2. The van der Waals surface area contributed by atoms with E-state index in [1.807, 2.05) is 26.8 Å². The molecule has 1 fully saturated rings. The lowest BCUT2D eigenvalue weighted by atomic mass is 10.1. The van der Waals surface area contributed by atoms with Crippen LogP contribution in [0.4, 0.5) is 17.2 Å². The van der Waals surface area contributed by atoms with Gasteiger partial charge in [0.1, 0.15) is 5.82 Å². The Balaban J connectivity index is 1.71. The summed E-state index contributed by atoms with van der Waals surface area (Å²) in [4.78, 5) is 30.6.